The molecule has 0 amide bonds. The van der Waals surface area contributed by atoms with Gasteiger partial charge in [-0.05, 0) is 89.6 Å². The fourth-order valence-electron chi connectivity index (χ4n) is 8.11. The van der Waals surface area contributed by atoms with E-state index < -0.39 is 189 Å². The van der Waals surface area contributed by atoms with Crippen molar-refractivity contribution in [1.82, 2.24) is 0 Å². The van der Waals surface area contributed by atoms with E-state index in [1.165, 1.54) is 12.1 Å². The lowest BCUT2D eigenvalue weighted by Gasteiger charge is -2.21. The van der Waals surface area contributed by atoms with Gasteiger partial charge in [0.15, 0.2) is 17.2 Å². The van der Waals surface area contributed by atoms with E-state index in [1.54, 1.807) is 0 Å². The van der Waals surface area contributed by atoms with E-state index >= 15 is 0 Å². The average Bonchev–Trinajstić information content (AvgIpc) is 0.878. The molecule has 0 aliphatic heterocycles. The molecule has 84 heavy (non-hydrogen) atoms. The number of phenolic OH excluding ortho intramolecular Hbond substituents is 3. The molecule has 8 rings (SSSR count). The number of hydrazine groups is 2. The molecule has 8 aromatic carbocycles. The number of benzene rings is 8. The average molecular weight is 1300 g/mol. The van der Waals surface area contributed by atoms with Gasteiger partial charge in [-0.1, -0.05) is 12.1 Å². The van der Waals surface area contributed by atoms with Gasteiger partial charge in [0, 0.05) is 22.2 Å². The zero-order valence-corrected chi connectivity index (χ0v) is 46.8. The predicted octanol–water partition coefficient (Wildman–Crippen LogP) is 6.29. The van der Waals surface area contributed by atoms with E-state index in [0.29, 0.717) is 18.2 Å². The predicted molar refractivity (Wildman–Crippen MR) is 292 cm³/mol. The topological polar surface area (TPSA) is 574 Å². The van der Waals surface area contributed by atoms with Crippen molar-refractivity contribution >= 4 is 154 Å². The van der Waals surface area contributed by atoms with Crippen molar-refractivity contribution in [3.63, 3.8) is 0 Å². The standard InChI is InChI=1S/C43H35N9O25S7/c1-77-21-7-10-26(29(16-21)79(59,60)61)47-52-38-33(83(71,72)73)17-24-23(41(38)54)9-11-27(43(24)84(74,75)76)48-49-36-30(80(62,63)64)14-19-15-32(82(68,69)70)39(42(55)34(19)35(36)44)50-45-20-6-8-22-18(12-20)13-31(81(65,66)67)37(40(22)53)51-46-25-4-2-3-5-28(25)78(56,57)58/h2-17,45,48-50,53-55H,44H2,1H3,(H,56,57,58)(H,59,60,61)(H,62,63,64)(H,65,66,67)(H,68,69,70)(H,71,72,73)(H,74,75,76). The van der Waals surface area contributed by atoms with Crippen molar-refractivity contribution in [3.8, 4) is 23.0 Å². The summed E-state index contributed by atoms with van der Waals surface area (Å²) in [4.78, 5) is -8.12. The third-order valence-electron chi connectivity index (χ3n) is 11.7. The highest BCUT2D eigenvalue weighted by molar-refractivity contribution is 7.87. The summed E-state index contributed by atoms with van der Waals surface area (Å²) < 4.78 is 252. The van der Waals surface area contributed by atoms with Crippen LogP contribution < -0.4 is 32.2 Å². The van der Waals surface area contributed by atoms with E-state index in [0.717, 1.165) is 73.8 Å². The Morgan fingerprint density at radius 3 is 1.45 bits per heavy atom. The molecule has 0 unspecified atom stereocenters. The minimum atomic E-state index is -5.69. The van der Waals surface area contributed by atoms with E-state index in [2.05, 4.69) is 42.2 Å². The number of aromatic hydroxyl groups is 3. The van der Waals surface area contributed by atoms with Gasteiger partial charge in [0.1, 0.15) is 68.5 Å². The molecule has 0 heterocycles. The summed E-state index contributed by atoms with van der Waals surface area (Å²) in [7, 11) is -36.5. The summed E-state index contributed by atoms with van der Waals surface area (Å²) in [5.74, 6) is -3.63. The lowest BCUT2D eigenvalue weighted by atomic mass is 10.0. The van der Waals surface area contributed by atoms with Gasteiger partial charge in [0.05, 0.1) is 35.2 Å². The Bertz CT molecular complexity index is 5090. The van der Waals surface area contributed by atoms with Crippen LogP contribution in [-0.2, 0) is 70.8 Å². The van der Waals surface area contributed by atoms with Crippen LogP contribution in [0.25, 0.3) is 32.3 Å². The number of methoxy groups -OCH3 is 1. The van der Waals surface area contributed by atoms with Crippen molar-refractivity contribution in [1.29, 1.82) is 0 Å². The van der Waals surface area contributed by atoms with Crippen molar-refractivity contribution < 1.29 is 111 Å². The highest BCUT2D eigenvalue weighted by atomic mass is 32.2. The van der Waals surface area contributed by atoms with Crippen LogP contribution in [0.5, 0.6) is 23.0 Å². The quantitative estimate of drug-likeness (QED) is 0.0147. The number of nitrogen functional groups attached to an aromatic ring is 1. The Morgan fingerprint density at radius 1 is 0.417 bits per heavy atom. The minimum Gasteiger partial charge on any atom is -0.505 e. The van der Waals surface area contributed by atoms with Crippen LogP contribution in [0.2, 0.25) is 0 Å². The second kappa shape index (κ2) is 21.5. The summed E-state index contributed by atoms with van der Waals surface area (Å²) in [6, 6.07) is 14.3. The molecule has 0 saturated heterocycles. The van der Waals surface area contributed by atoms with Crippen LogP contribution >= 0.6 is 0 Å². The number of azo groups is 2. The van der Waals surface area contributed by atoms with Crippen LogP contribution in [0.3, 0.4) is 0 Å². The summed E-state index contributed by atoms with van der Waals surface area (Å²) in [6.07, 6.45) is 0. The zero-order valence-electron chi connectivity index (χ0n) is 41.1. The number of phenols is 3. The summed E-state index contributed by atoms with van der Waals surface area (Å²) >= 11 is 0. The maximum absolute atomic E-state index is 13.1. The highest BCUT2D eigenvalue weighted by Crippen LogP contribution is 2.49. The summed E-state index contributed by atoms with van der Waals surface area (Å²) in [5.41, 5.74) is 8.04. The van der Waals surface area contributed by atoms with Crippen LogP contribution in [0.1, 0.15) is 0 Å². The first kappa shape index (κ1) is 61.4. The Morgan fingerprint density at radius 2 is 0.905 bits per heavy atom. The molecular formula is C43H35N9O25S7. The number of fused-ring (bicyclic) bond motifs is 3. The van der Waals surface area contributed by atoms with Gasteiger partial charge >= 0.3 is 0 Å². The molecule has 0 fully saturated rings. The van der Waals surface area contributed by atoms with E-state index in [-0.39, 0.29) is 22.2 Å². The summed E-state index contributed by atoms with van der Waals surface area (Å²) in [5, 5.41) is 45.1. The molecule has 0 saturated carbocycles. The van der Waals surface area contributed by atoms with Gasteiger partial charge in [0.2, 0.25) is 0 Å². The second-order valence-electron chi connectivity index (χ2n) is 17.0. The van der Waals surface area contributed by atoms with Crippen molar-refractivity contribution in [2.45, 2.75) is 34.3 Å². The molecule has 16 N–H and O–H groups in total. The third-order valence-corrected chi connectivity index (χ3v) is 18.0. The Labute approximate surface area is 471 Å². The van der Waals surface area contributed by atoms with E-state index in [4.69, 9.17) is 10.5 Å². The number of nitrogens with one attached hydrogen (secondary N) is 4. The molecule has 34 nitrogen and oxygen atoms in total. The van der Waals surface area contributed by atoms with Crippen LogP contribution in [0.4, 0.5) is 51.2 Å². The molecule has 0 aliphatic rings. The van der Waals surface area contributed by atoms with E-state index in [1.807, 2.05) is 0 Å². The number of nitrogens with zero attached hydrogens (tertiary/aromatic N) is 4. The Balaban J connectivity index is 1.21. The van der Waals surface area contributed by atoms with Gasteiger partial charge < -0.3 is 31.2 Å². The molecule has 0 aromatic heterocycles. The van der Waals surface area contributed by atoms with Gasteiger partial charge in [-0.3, -0.25) is 48.1 Å². The minimum absolute atomic E-state index is 0.116. The normalized spacial score (nSPS) is 13.0. The first-order chi connectivity index (χ1) is 38.7. The molecule has 41 heteroatoms. The van der Waals surface area contributed by atoms with Gasteiger partial charge in [-0.2, -0.15) is 58.9 Å². The smallest absolute Gasteiger partial charge is 0.297 e. The van der Waals surface area contributed by atoms with Gasteiger partial charge in [-0.15, -0.1) is 20.5 Å². The maximum atomic E-state index is 13.1. The van der Waals surface area contributed by atoms with Crippen molar-refractivity contribution in [2.75, 3.05) is 34.5 Å². The van der Waals surface area contributed by atoms with Crippen LogP contribution in [0.15, 0.2) is 152 Å². The lowest BCUT2D eigenvalue weighted by Crippen LogP contribution is -2.17. The van der Waals surface area contributed by atoms with Crippen LogP contribution in [0, 0.1) is 0 Å². The zero-order chi connectivity index (χ0) is 62.2. The highest BCUT2D eigenvalue weighted by Gasteiger charge is 2.32. The van der Waals surface area contributed by atoms with Crippen LogP contribution in [-0.4, -0.2) is 113 Å². The largest absolute Gasteiger partial charge is 0.505 e. The third kappa shape index (κ3) is 12.2. The van der Waals surface area contributed by atoms with E-state index in [9.17, 15) is 106 Å². The number of hydrogen-bond donors (Lipinski definition) is 15. The number of ether oxygens (including phenoxy) is 1. The number of rotatable bonds is 18. The number of hydrogen-bond acceptors (Lipinski definition) is 27. The molecule has 0 bridgehead atoms. The molecule has 0 radical (unpaired) electrons. The maximum Gasteiger partial charge on any atom is 0.297 e. The molecular weight excluding hydrogens is 1270 g/mol. The molecule has 0 aliphatic carbocycles. The first-order valence-corrected chi connectivity index (χ1v) is 32.0. The fourth-order valence-corrected chi connectivity index (χ4v) is 12.9. The summed E-state index contributed by atoms with van der Waals surface area (Å²) in [6.45, 7) is 0. The molecule has 0 atom stereocenters. The Hall–Kier alpha value is -8.69. The lowest BCUT2D eigenvalue weighted by molar-refractivity contribution is 0.412. The van der Waals surface area contributed by atoms with Crippen molar-refractivity contribution in [2.24, 2.45) is 20.5 Å². The van der Waals surface area contributed by atoms with Crippen molar-refractivity contribution in [3.05, 3.63) is 97.1 Å². The molecule has 8 aromatic rings. The number of anilines is 5. The molecule has 444 valence electrons. The fraction of sp³-hybridized carbons (Fsp3) is 0.0233. The number of nitrogens with two attached hydrogens (primary N) is 1. The monoisotopic (exact) mass is 1300 g/mol. The SMILES string of the molecule is COc1ccc(N=Nc2c(S(=O)(=O)O)cc3c(S(=O)(=O)O)c(NNc4c(S(=O)(=O)O)cc5cc(S(=O)(=O)O)c(NNc6ccc7c(O)c(N=Nc8ccccc8S(=O)(=O)O)c(S(=O)(=O)O)cc7c6)c(O)c5c4N)ccc3c2O)c(S(=O)(=O)O)c1. The van der Waals surface area contributed by atoms with Gasteiger partial charge in [0.25, 0.3) is 70.8 Å². The first-order valence-electron chi connectivity index (χ1n) is 21.9. The van der Waals surface area contributed by atoms with Gasteiger partial charge in [-0.25, -0.2) is 0 Å². The second-order valence-corrected chi connectivity index (χ2v) is 26.7. The molecule has 0 spiro atoms. The Kier molecular flexibility index (Phi) is 15.7.